The van der Waals surface area contributed by atoms with E-state index in [0.29, 0.717) is 37.5 Å². The maximum absolute atomic E-state index is 9.27. The average molecular weight is 663 g/mol. The Morgan fingerprint density at radius 3 is 1.33 bits per heavy atom. The number of aliphatic hydroxyl groups is 11. The highest BCUT2D eigenvalue weighted by Gasteiger charge is 2.39. The molecule has 5 unspecified atom stereocenters. The maximum Gasteiger partial charge on any atom is 0.106 e. The zero-order chi connectivity index (χ0) is 35.2. The third kappa shape index (κ3) is 16.4. The molecular formula is C35H66O11. The molecule has 3 saturated carbocycles. The van der Waals surface area contributed by atoms with Gasteiger partial charge in [-0.1, -0.05) is 58.9 Å². The number of aliphatic hydroxyl groups excluding tert-OH is 11. The van der Waals surface area contributed by atoms with Gasteiger partial charge in [0.1, 0.15) is 18.3 Å². The molecule has 11 N–H and O–H groups in total. The zero-order valence-electron chi connectivity index (χ0n) is 28.6. The molecule has 5 aliphatic carbocycles. The molecule has 0 amide bonds. The van der Waals surface area contributed by atoms with Crippen LogP contribution in [0.5, 0.6) is 0 Å². The molecule has 0 aromatic heterocycles. The fourth-order valence-electron chi connectivity index (χ4n) is 6.24. The summed E-state index contributed by atoms with van der Waals surface area (Å²) < 4.78 is 0. The van der Waals surface area contributed by atoms with Crippen LogP contribution in [0.25, 0.3) is 0 Å². The van der Waals surface area contributed by atoms with Crippen LogP contribution in [0.15, 0.2) is 24.3 Å². The van der Waals surface area contributed by atoms with E-state index in [-0.39, 0.29) is 23.5 Å². The molecule has 3 fully saturated rings. The van der Waals surface area contributed by atoms with Crippen LogP contribution in [0.2, 0.25) is 0 Å². The first kappa shape index (κ1) is 43.1. The quantitative estimate of drug-likeness (QED) is 0.167. The summed E-state index contributed by atoms with van der Waals surface area (Å²) in [6.45, 7) is 10.2. The van der Waals surface area contributed by atoms with Crippen molar-refractivity contribution >= 4 is 0 Å². The van der Waals surface area contributed by atoms with Gasteiger partial charge in [-0.05, 0) is 93.8 Å². The van der Waals surface area contributed by atoms with E-state index in [4.69, 9.17) is 35.7 Å². The lowest BCUT2D eigenvalue weighted by Crippen LogP contribution is -2.47. The highest BCUT2D eigenvalue weighted by Crippen LogP contribution is 2.35. The Labute approximate surface area is 275 Å². The Kier molecular flexibility index (Phi) is 19.2. The van der Waals surface area contributed by atoms with Gasteiger partial charge in [0.05, 0.1) is 48.8 Å². The number of hydrogen-bond acceptors (Lipinski definition) is 11. The molecule has 5 rings (SSSR count). The Morgan fingerprint density at radius 1 is 0.457 bits per heavy atom. The SMILES string of the molecule is CC1(C)CC(O)C(O)[C@@H](O)C1.CC1(C)CC=C[C@@H](O)C1.C[C@H]1CCC(O)[C@@H](O)[C@H]1O.OC1CCC[C@H](O)C1O.O[C@@H]1C=CCCC1. The summed E-state index contributed by atoms with van der Waals surface area (Å²) in [5, 5.41) is 99.9. The topological polar surface area (TPSA) is 223 Å². The van der Waals surface area contributed by atoms with Gasteiger partial charge in [0.2, 0.25) is 0 Å². The lowest BCUT2D eigenvalue weighted by molar-refractivity contribution is -0.116. The van der Waals surface area contributed by atoms with Crippen LogP contribution < -0.4 is 0 Å². The summed E-state index contributed by atoms with van der Waals surface area (Å²) in [6.07, 6.45) is 10.0. The van der Waals surface area contributed by atoms with Gasteiger partial charge in [-0.2, -0.15) is 0 Å². The van der Waals surface area contributed by atoms with Crippen LogP contribution in [0.1, 0.15) is 112 Å². The maximum atomic E-state index is 9.27. The number of allylic oxidation sites excluding steroid dienone is 2. The lowest BCUT2D eigenvalue weighted by atomic mass is 9.73. The minimum absolute atomic E-state index is 0.0575. The minimum Gasteiger partial charge on any atom is -0.390 e. The van der Waals surface area contributed by atoms with Crippen molar-refractivity contribution in [2.75, 3.05) is 0 Å². The van der Waals surface area contributed by atoms with Crippen molar-refractivity contribution < 1.29 is 56.2 Å². The summed E-state index contributed by atoms with van der Waals surface area (Å²) in [6, 6.07) is 0. The first-order chi connectivity index (χ1) is 21.3. The molecular weight excluding hydrogens is 596 g/mol. The second-order valence-electron chi connectivity index (χ2n) is 15.4. The van der Waals surface area contributed by atoms with Gasteiger partial charge >= 0.3 is 0 Å². The first-order valence-corrected chi connectivity index (χ1v) is 17.1. The van der Waals surface area contributed by atoms with E-state index in [1.54, 1.807) is 0 Å². The fraction of sp³-hybridized carbons (Fsp3) is 0.886. The van der Waals surface area contributed by atoms with E-state index < -0.39 is 54.9 Å². The molecule has 0 radical (unpaired) electrons. The third-order valence-corrected chi connectivity index (χ3v) is 9.36. The van der Waals surface area contributed by atoms with Gasteiger partial charge in [-0.25, -0.2) is 0 Å². The van der Waals surface area contributed by atoms with Crippen molar-refractivity contribution in [1.29, 1.82) is 0 Å². The van der Waals surface area contributed by atoms with Crippen LogP contribution in [0.4, 0.5) is 0 Å². The molecule has 0 heterocycles. The van der Waals surface area contributed by atoms with Crippen LogP contribution in [0.3, 0.4) is 0 Å². The van der Waals surface area contributed by atoms with Crippen molar-refractivity contribution in [1.82, 2.24) is 0 Å². The molecule has 5 aliphatic rings. The second-order valence-corrected chi connectivity index (χ2v) is 15.4. The molecule has 11 nitrogen and oxygen atoms in total. The zero-order valence-corrected chi connectivity index (χ0v) is 28.6. The molecule has 0 spiro atoms. The van der Waals surface area contributed by atoms with Gasteiger partial charge in [-0.15, -0.1) is 0 Å². The van der Waals surface area contributed by atoms with Gasteiger partial charge < -0.3 is 56.2 Å². The first-order valence-electron chi connectivity index (χ1n) is 17.1. The fourth-order valence-corrected chi connectivity index (χ4v) is 6.24. The minimum atomic E-state index is -0.956. The van der Waals surface area contributed by atoms with E-state index in [0.717, 1.165) is 44.9 Å². The predicted molar refractivity (Wildman–Crippen MR) is 176 cm³/mol. The molecule has 272 valence electrons. The Balaban J connectivity index is 0.000000289. The Hall–Kier alpha value is -0.960. The van der Waals surface area contributed by atoms with Crippen molar-refractivity contribution in [2.24, 2.45) is 16.7 Å². The number of rotatable bonds is 0. The molecule has 0 aromatic rings. The molecule has 0 aliphatic heterocycles. The third-order valence-electron chi connectivity index (χ3n) is 9.36. The van der Waals surface area contributed by atoms with Gasteiger partial charge in [0.25, 0.3) is 0 Å². The van der Waals surface area contributed by atoms with E-state index in [2.05, 4.69) is 19.9 Å². The largest absolute Gasteiger partial charge is 0.390 e. The smallest absolute Gasteiger partial charge is 0.106 e. The van der Waals surface area contributed by atoms with Gasteiger partial charge in [-0.3, -0.25) is 0 Å². The standard InChI is InChI=1S/C8H16O3.C8H14O.C7H14O3.C6H12O3.C6H10O/c1-8(2)3-5(9)7(11)6(10)4-8;1-8(2)5-3-4-7(9)6-8;1-4-2-3-5(8)7(10)6(4)9;7-4-2-1-3-5(8)6(4)9;7-6-4-2-1-3-5-6/h5-7,9-11H,3-4H2,1-2H3;3-4,7,9H,5-6H2,1-2H3;4-10H,2-3H2,1H3;4-9H,1-3H2;2,4,6-7H,1,3,5H2/t5-,6?,7?;7-;4-,5?,6-,7+;4-,5?,6?;6-/m01001/s1. The van der Waals surface area contributed by atoms with Crippen LogP contribution in [-0.4, -0.2) is 123 Å². The van der Waals surface area contributed by atoms with Crippen molar-refractivity contribution in [3.8, 4) is 0 Å². The Bertz CT molecular complexity index is 841. The van der Waals surface area contributed by atoms with E-state index in [1.165, 1.54) is 0 Å². The van der Waals surface area contributed by atoms with E-state index in [1.807, 2.05) is 39.0 Å². The molecule has 11 heteroatoms. The molecule has 46 heavy (non-hydrogen) atoms. The van der Waals surface area contributed by atoms with Crippen molar-refractivity contribution in [2.45, 2.75) is 179 Å². The normalized spacial score (nSPS) is 41.0. The van der Waals surface area contributed by atoms with Crippen LogP contribution >= 0.6 is 0 Å². The van der Waals surface area contributed by atoms with Gasteiger partial charge in [0, 0.05) is 0 Å². The predicted octanol–water partition coefficient (Wildman–Crippen LogP) is 1.45. The molecule has 0 aromatic carbocycles. The van der Waals surface area contributed by atoms with Gasteiger partial charge in [0.15, 0.2) is 0 Å². The highest BCUT2D eigenvalue weighted by molar-refractivity contribution is 4.99. The molecule has 0 saturated heterocycles. The second kappa shape index (κ2) is 20.5. The molecule has 0 bridgehead atoms. The summed E-state index contributed by atoms with van der Waals surface area (Å²) in [5.74, 6) is 0.110. The van der Waals surface area contributed by atoms with E-state index >= 15 is 0 Å². The van der Waals surface area contributed by atoms with Crippen molar-refractivity contribution in [3.63, 3.8) is 0 Å². The van der Waals surface area contributed by atoms with Crippen LogP contribution in [0, 0.1) is 16.7 Å². The summed E-state index contributed by atoms with van der Waals surface area (Å²) in [7, 11) is 0. The summed E-state index contributed by atoms with van der Waals surface area (Å²) in [5.41, 5.74) is 0.256. The lowest BCUT2D eigenvalue weighted by Gasteiger charge is -2.39. The van der Waals surface area contributed by atoms with Crippen molar-refractivity contribution in [3.05, 3.63) is 24.3 Å². The highest BCUT2D eigenvalue weighted by atomic mass is 16.4. The van der Waals surface area contributed by atoms with E-state index in [9.17, 15) is 20.4 Å². The molecule has 12 atom stereocenters. The summed E-state index contributed by atoms with van der Waals surface area (Å²) >= 11 is 0. The van der Waals surface area contributed by atoms with Crippen LogP contribution in [-0.2, 0) is 0 Å². The summed E-state index contributed by atoms with van der Waals surface area (Å²) in [4.78, 5) is 0. The monoisotopic (exact) mass is 662 g/mol. The number of hydrogen-bond donors (Lipinski definition) is 11. The average Bonchev–Trinajstić information content (AvgIpc) is 2.96. The Morgan fingerprint density at radius 2 is 0.957 bits per heavy atom.